The number of aromatic nitrogens is 2. The van der Waals surface area contributed by atoms with Crippen molar-refractivity contribution < 1.29 is 16.8 Å². The lowest BCUT2D eigenvalue weighted by Crippen LogP contribution is -2.25. The van der Waals surface area contributed by atoms with E-state index in [2.05, 4.69) is 19.8 Å². The normalized spacial score (nSPS) is 17.2. The number of nitrogens with one attached hydrogen (secondary N) is 1. The number of anilines is 1. The van der Waals surface area contributed by atoms with Gasteiger partial charge in [-0.3, -0.25) is 14.7 Å². The maximum absolute atomic E-state index is 12.5. The lowest BCUT2D eigenvalue weighted by molar-refractivity contribution is 0.375. The monoisotopic (exact) mass is 445 g/mol. The Hall–Kier alpha value is -3.05. The van der Waals surface area contributed by atoms with Gasteiger partial charge in [-0.15, -0.1) is 0 Å². The average Bonchev–Trinajstić information content (AvgIpc) is 3.12. The first kappa shape index (κ1) is 20.2. The van der Waals surface area contributed by atoms with Gasteiger partial charge in [-0.2, -0.15) is 9.52 Å². The molecule has 9 nitrogen and oxygen atoms in total. The SMILES string of the molecule is CS(=O)(=O)Nc1ccccc1C1=NN(S(C)(=O)=O)[C@H](c2ccc3nccnc3c2)C1. The van der Waals surface area contributed by atoms with Crippen molar-refractivity contribution in [1.82, 2.24) is 14.4 Å². The highest BCUT2D eigenvalue weighted by Gasteiger charge is 2.35. The number of rotatable bonds is 5. The van der Waals surface area contributed by atoms with Gasteiger partial charge in [-0.25, -0.2) is 16.8 Å². The summed E-state index contributed by atoms with van der Waals surface area (Å²) in [4.78, 5) is 8.52. The molecule has 3 aromatic rings. The zero-order chi connectivity index (χ0) is 21.5. The van der Waals surface area contributed by atoms with E-state index in [1.54, 1.807) is 54.9 Å². The number of nitrogens with zero attached hydrogens (tertiary/aromatic N) is 4. The molecule has 2 heterocycles. The van der Waals surface area contributed by atoms with E-state index in [-0.39, 0.29) is 6.42 Å². The first-order valence-corrected chi connectivity index (χ1v) is 12.7. The van der Waals surface area contributed by atoms with Crippen LogP contribution in [0.1, 0.15) is 23.6 Å². The van der Waals surface area contributed by atoms with Gasteiger partial charge >= 0.3 is 0 Å². The van der Waals surface area contributed by atoms with Crippen LogP contribution in [0.4, 0.5) is 5.69 Å². The summed E-state index contributed by atoms with van der Waals surface area (Å²) in [5.41, 5.74) is 3.42. The highest BCUT2D eigenvalue weighted by atomic mass is 32.2. The quantitative estimate of drug-likeness (QED) is 0.642. The van der Waals surface area contributed by atoms with Crippen molar-refractivity contribution in [3.63, 3.8) is 0 Å². The summed E-state index contributed by atoms with van der Waals surface area (Å²) < 4.78 is 51.9. The first-order valence-electron chi connectivity index (χ1n) is 8.96. The molecular formula is C19H19N5O4S2. The fraction of sp³-hybridized carbons (Fsp3) is 0.211. The molecule has 1 N–H and O–H groups in total. The Kier molecular flexibility index (Phi) is 4.94. The number of sulfonamides is 2. The predicted octanol–water partition coefficient (Wildman–Crippen LogP) is 2.11. The molecule has 0 saturated carbocycles. The maximum Gasteiger partial charge on any atom is 0.247 e. The Morgan fingerprint density at radius 2 is 1.67 bits per heavy atom. The van der Waals surface area contributed by atoms with Crippen LogP contribution >= 0.6 is 0 Å². The van der Waals surface area contributed by atoms with Gasteiger partial charge < -0.3 is 0 Å². The Morgan fingerprint density at radius 3 is 2.37 bits per heavy atom. The number of hydrogen-bond acceptors (Lipinski definition) is 7. The molecule has 0 fully saturated rings. The van der Waals surface area contributed by atoms with Crippen LogP contribution in [-0.2, 0) is 20.0 Å². The van der Waals surface area contributed by atoms with Crippen LogP contribution in [0.25, 0.3) is 11.0 Å². The smallest absolute Gasteiger partial charge is 0.247 e. The van der Waals surface area contributed by atoms with Gasteiger partial charge in [-0.05, 0) is 23.8 Å². The Balaban J connectivity index is 1.78. The highest BCUT2D eigenvalue weighted by molar-refractivity contribution is 7.92. The molecule has 0 amide bonds. The van der Waals surface area contributed by atoms with Crippen LogP contribution < -0.4 is 4.72 Å². The molecule has 1 atom stereocenters. The molecule has 1 aliphatic rings. The van der Waals surface area contributed by atoms with Gasteiger partial charge in [-0.1, -0.05) is 24.3 Å². The van der Waals surface area contributed by atoms with Gasteiger partial charge in [0.1, 0.15) is 0 Å². The van der Waals surface area contributed by atoms with Gasteiger partial charge in [0.2, 0.25) is 20.0 Å². The second-order valence-corrected chi connectivity index (χ2v) is 10.6. The summed E-state index contributed by atoms with van der Waals surface area (Å²) in [6.07, 6.45) is 5.59. The molecular weight excluding hydrogens is 426 g/mol. The highest BCUT2D eigenvalue weighted by Crippen LogP contribution is 2.36. The minimum Gasteiger partial charge on any atom is -0.283 e. The number of benzene rings is 2. The van der Waals surface area contributed by atoms with E-state index in [1.807, 2.05) is 0 Å². The Bertz CT molecular complexity index is 1370. The van der Waals surface area contributed by atoms with Crippen molar-refractivity contribution in [2.45, 2.75) is 12.5 Å². The summed E-state index contributed by atoms with van der Waals surface area (Å²) in [5.74, 6) is 0. The van der Waals surface area contributed by atoms with Crippen LogP contribution in [0, 0.1) is 0 Å². The third-order valence-corrected chi connectivity index (χ3v) is 6.23. The molecule has 1 aliphatic heterocycles. The lowest BCUT2D eigenvalue weighted by atomic mass is 9.98. The standard InChI is InChI=1S/C19H19N5O4S2/c1-29(25,26)23-15-6-4-3-5-14(15)17-12-19(24(22-17)30(2,27)28)13-7-8-16-18(11-13)21-10-9-20-16/h3-11,19,23H,12H2,1-2H3/t19-/m0/s1. The largest absolute Gasteiger partial charge is 0.283 e. The minimum absolute atomic E-state index is 0.279. The van der Waals surface area contributed by atoms with Crippen LogP contribution in [0.15, 0.2) is 60.0 Å². The van der Waals surface area contributed by atoms with Crippen molar-refractivity contribution in [3.8, 4) is 0 Å². The summed E-state index contributed by atoms with van der Waals surface area (Å²) in [5, 5.41) is 4.35. The number of hydrogen-bond donors (Lipinski definition) is 1. The fourth-order valence-corrected chi connectivity index (χ4v) is 4.90. The van der Waals surface area contributed by atoms with Crippen LogP contribution in [-0.4, -0.2) is 49.4 Å². The van der Waals surface area contributed by atoms with Crippen molar-refractivity contribution in [2.75, 3.05) is 17.2 Å². The van der Waals surface area contributed by atoms with E-state index in [1.165, 1.54) is 0 Å². The van der Waals surface area contributed by atoms with E-state index >= 15 is 0 Å². The minimum atomic E-state index is -3.67. The third-order valence-electron chi connectivity index (χ3n) is 4.62. The van der Waals surface area contributed by atoms with E-state index < -0.39 is 26.1 Å². The van der Waals surface area contributed by atoms with Crippen molar-refractivity contribution in [2.24, 2.45) is 5.10 Å². The summed E-state index contributed by atoms with van der Waals surface area (Å²) >= 11 is 0. The summed E-state index contributed by atoms with van der Waals surface area (Å²) in [6, 6.07) is 11.6. The number of hydrazone groups is 1. The van der Waals surface area contributed by atoms with Gasteiger partial charge in [0.05, 0.1) is 41.0 Å². The molecule has 0 bridgehead atoms. The predicted molar refractivity (Wildman–Crippen MR) is 115 cm³/mol. The zero-order valence-electron chi connectivity index (χ0n) is 16.2. The molecule has 2 aromatic carbocycles. The van der Waals surface area contributed by atoms with Crippen molar-refractivity contribution >= 4 is 42.5 Å². The molecule has 0 radical (unpaired) electrons. The lowest BCUT2D eigenvalue weighted by Gasteiger charge is -2.21. The number of fused-ring (bicyclic) bond motifs is 1. The van der Waals surface area contributed by atoms with Gasteiger partial charge in [0.15, 0.2) is 0 Å². The van der Waals surface area contributed by atoms with Crippen LogP contribution in [0.3, 0.4) is 0 Å². The average molecular weight is 446 g/mol. The second kappa shape index (κ2) is 7.33. The van der Waals surface area contributed by atoms with E-state index in [0.29, 0.717) is 28.0 Å². The molecule has 0 spiro atoms. The summed E-state index contributed by atoms with van der Waals surface area (Å²) in [7, 11) is -7.18. The van der Waals surface area contributed by atoms with Crippen molar-refractivity contribution in [3.05, 3.63) is 66.0 Å². The molecule has 0 unspecified atom stereocenters. The van der Waals surface area contributed by atoms with E-state index in [0.717, 1.165) is 22.5 Å². The molecule has 1 aromatic heterocycles. The van der Waals surface area contributed by atoms with E-state index in [9.17, 15) is 16.8 Å². The molecule has 11 heteroatoms. The fourth-order valence-electron chi connectivity index (χ4n) is 3.42. The Morgan fingerprint density at radius 1 is 0.967 bits per heavy atom. The molecule has 0 aliphatic carbocycles. The molecule has 156 valence electrons. The topological polar surface area (TPSA) is 122 Å². The summed E-state index contributed by atoms with van der Waals surface area (Å²) in [6.45, 7) is 0. The third kappa shape index (κ3) is 4.12. The van der Waals surface area contributed by atoms with Crippen LogP contribution in [0.2, 0.25) is 0 Å². The van der Waals surface area contributed by atoms with Crippen LogP contribution in [0.5, 0.6) is 0 Å². The maximum atomic E-state index is 12.5. The van der Waals surface area contributed by atoms with E-state index in [4.69, 9.17) is 0 Å². The number of para-hydroxylation sites is 1. The molecule has 30 heavy (non-hydrogen) atoms. The Labute approximate surface area is 174 Å². The van der Waals surface area contributed by atoms with Crippen molar-refractivity contribution in [1.29, 1.82) is 0 Å². The molecule has 4 rings (SSSR count). The zero-order valence-corrected chi connectivity index (χ0v) is 17.9. The van der Waals surface area contributed by atoms with Gasteiger partial charge in [0.25, 0.3) is 0 Å². The molecule has 0 saturated heterocycles. The second-order valence-electron chi connectivity index (χ2n) is 7.03. The van der Waals surface area contributed by atoms with Gasteiger partial charge in [0, 0.05) is 24.4 Å². The first-order chi connectivity index (χ1) is 14.1.